The molecule has 0 heterocycles. The molecule has 16 heavy (non-hydrogen) atoms. The lowest BCUT2D eigenvalue weighted by Gasteiger charge is -2.19. The zero-order valence-electron chi connectivity index (χ0n) is 9.64. The van der Waals surface area contributed by atoms with E-state index < -0.39 is 0 Å². The highest BCUT2D eigenvalue weighted by Gasteiger charge is 2.21. The van der Waals surface area contributed by atoms with Crippen molar-refractivity contribution in [2.75, 3.05) is 0 Å². The third-order valence-electron chi connectivity index (χ3n) is 3.22. The summed E-state index contributed by atoms with van der Waals surface area (Å²) in [5.41, 5.74) is 1.36. The predicted octanol–water partition coefficient (Wildman–Crippen LogP) is 3.61. The summed E-state index contributed by atoms with van der Waals surface area (Å²) >= 11 is 1.92. The SMILES string of the molecule is O[C@H]1CCCCC[C@@H]1SCc1ccccc1. The Morgan fingerprint density at radius 1 is 1.06 bits per heavy atom. The maximum absolute atomic E-state index is 10.0. The van der Waals surface area contributed by atoms with Crippen LogP contribution >= 0.6 is 11.8 Å². The van der Waals surface area contributed by atoms with Crippen molar-refractivity contribution in [3.8, 4) is 0 Å². The lowest BCUT2D eigenvalue weighted by Crippen LogP contribution is -2.21. The van der Waals surface area contributed by atoms with Crippen LogP contribution < -0.4 is 0 Å². The van der Waals surface area contributed by atoms with Gasteiger partial charge in [0, 0.05) is 11.0 Å². The highest BCUT2D eigenvalue weighted by atomic mass is 32.2. The molecule has 1 aromatic carbocycles. The second-order valence-electron chi connectivity index (χ2n) is 4.54. The smallest absolute Gasteiger partial charge is 0.0658 e. The van der Waals surface area contributed by atoms with Crippen molar-refractivity contribution in [2.24, 2.45) is 0 Å². The second-order valence-corrected chi connectivity index (χ2v) is 5.77. The zero-order chi connectivity index (χ0) is 11.2. The van der Waals surface area contributed by atoms with Crippen molar-refractivity contribution in [1.82, 2.24) is 0 Å². The molecule has 0 bridgehead atoms. The minimum absolute atomic E-state index is 0.0868. The maximum Gasteiger partial charge on any atom is 0.0658 e. The first kappa shape index (κ1) is 12.0. The largest absolute Gasteiger partial charge is 0.392 e. The number of hydrogen-bond donors (Lipinski definition) is 1. The van der Waals surface area contributed by atoms with Gasteiger partial charge in [0.15, 0.2) is 0 Å². The van der Waals surface area contributed by atoms with Crippen molar-refractivity contribution in [1.29, 1.82) is 0 Å². The van der Waals surface area contributed by atoms with E-state index in [4.69, 9.17) is 0 Å². The van der Waals surface area contributed by atoms with Crippen LogP contribution in [0.5, 0.6) is 0 Å². The molecule has 2 rings (SSSR count). The third-order valence-corrected chi connectivity index (χ3v) is 4.70. The van der Waals surface area contributed by atoms with Crippen molar-refractivity contribution in [3.63, 3.8) is 0 Å². The Balaban J connectivity index is 1.84. The molecule has 1 aromatic rings. The molecular weight excluding hydrogens is 216 g/mol. The topological polar surface area (TPSA) is 20.2 Å². The number of aliphatic hydroxyl groups is 1. The van der Waals surface area contributed by atoms with Gasteiger partial charge in [0.2, 0.25) is 0 Å². The third kappa shape index (κ3) is 3.53. The zero-order valence-corrected chi connectivity index (χ0v) is 10.5. The van der Waals surface area contributed by atoms with Crippen molar-refractivity contribution in [2.45, 2.75) is 49.2 Å². The van der Waals surface area contributed by atoms with Gasteiger partial charge in [-0.2, -0.15) is 11.8 Å². The quantitative estimate of drug-likeness (QED) is 0.809. The molecular formula is C14H20OS. The van der Waals surface area contributed by atoms with Gasteiger partial charge in [0.05, 0.1) is 6.10 Å². The fraction of sp³-hybridized carbons (Fsp3) is 0.571. The maximum atomic E-state index is 10.0. The molecule has 0 radical (unpaired) electrons. The molecule has 1 N–H and O–H groups in total. The van der Waals surface area contributed by atoms with Crippen LogP contribution in [0.4, 0.5) is 0 Å². The van der Waals surface area contributed by atoms with E-state index in [0.29, 0.717) is 5.25 Å². The Kier molecular flexibility index (Phi) is 4.73. The highest BCUT2D eigenvalue weighted by Crippen LogP contribution is 2.29. The molecule has 0 unspecified atom stereocenters. The Bertz CT molecular complexity index is 299. The summed E-state index contributed by atoms with van der Waals surface area (Å²) in [4.78, 5) is 0. The minimum Gasteiger partial charge on any atom is -0.392 e. The van der Waals surface area contributed by atoms with Crippen LogP contribution in [0, 0.1) is 0 Å². The van der Waals surface area contributed by atoms with Gasteiger partial charge in [-0.05, 0) is 18.4 Å². The van der Waals surface area contributed by atoms with E-state index in [1.165, 1.54) is 31.2 Å². The first-order valence-electron chi connectivity index (χ1n) is 6.20. The number of aliphatic hydroxyl groups excluding tert-OH is 1. The Labute approximate surface area is 102 Å². The summed E-state index contributed by atoms with van der Waals surface area (Å²) in [6, 6.07) is 10.5. The van der Waals surface area contributed by atoms with Crippen molar-refractivity contribution >= 4 is 11.8 Å². The van der Waals surface area contributed by atoms with E-state index in [1.54, 1.807) is 0 Å². The van der Waals surface area contributed by atoms with E-state index in [-0.39, 0.29) is 6.10 Å². The first-order valence-corrected chi connectivity index (χ1v) is 7.25. The van der Waals surface area contributed by atoms with Gasteiger partial charge >= 0.3 is 0 Å². The number of hydrogen-bond acceptors (Lipinski definition) is 2. The van der Waals surface area contributed by atoms with Crippen LogP contribution in [-0.4, -0.2) is 16.5 Å². The van der Waals surface area contributed by atoms with Crippen molar-refractivity contribution < 1.29 is 5.11 Å². The molecule has 2 atom stereocenters. The van der Waals surface area contributed by atoms with E-state index in [0.717, 1.165) is 12.2 Å². The van der Waals surface area contributed by atoms with Gasteiger partial charge in [0.1, 0.15) is 0 Å². The average molecular weight is 236 g/mol. The van der Waals surface area contributed by atoms with Crippen LogP contribution in [0.1, 0.15) is 37.7 Å². The number of rotatable bonds is 3. The first-order chi connectivity index (χ1) is 7.86. The fourth-order valence-corrected chi connectivity index (χ4v) is 3.52. The summed E-state index contributed by atoms with van der Waals surface area (Å²) in [6.07, 6.45) is 5.86. The molecule has 0 saturated heterocycles. The Morgan fingerprint density at radius 2 is 1.81 bits per heavy atom. The van der Waals surface area contributed by atoms with Crippen LogP contribution in [-0.2, 0) is 5.75 Å². The van der Waals surface area contributed by atoms with Crippen LogP contribution in [0.25, 0.3) is 0 Å². The van der Waals surface area contributed by atoms with E-state index in [9.17, 15) is 5.11 Å². The van der Waals surface area contributed by atoms with Gasteiger partial charge in [-0.3, -0.25) is 0 Å². The van der Waals surface area contributed by atoms with Gasteiger partial charge in [-0.1, -0.05) is 49.6 Å². The van der Waals surface area contributed by atoms with Gasteiger partial charge < -0.3 is 5.11 Å². The normalized spacial score (nSPS) is 26.3. The standard InChI is InChI=1S/C14H20OS/c15-13-9-5-2-6-10-14(13)16-11-12-7-3-1-4-8-12/h1,3-4,7-8,13-15H,2,5-6,9-11H2/t13-,14-/m0/s1. The van der Waals surface area contributed by atoms with Crippen LogP contribution in [0.2, 0.25) is 0 Å². The Morgan fingerprint density at radius 3 is 2.62 bits per heavy atom. The molecule has 1 aliphatic rings. The number of thioether (sulfide) groups is 1. The molecule has 0 aliphatic heterocycles. The summed E-state index contributed by atoms with van der Waals surface area (Å²) in [5.74, 6) is 1.03. The number of benzene rings is 1. The van der Waals surface area contributed by atoms with E-state index in [1.807, 2.05) is 11.8 Å². The monoisotopic (exact) mass is 236 g/mol. The second kappa shape index (κ2) is 6.31. The van der Waals surface area contributed by atoms with Gasteiger partial charge in [-0.25, -0.2) is 0 Å². The minimum atomic E-state index is -0.0868. The van der Waals surface area contributed by atoms with Gasteiger partial charge in [-0.15, -0.1) is 0 Å². The Hall–Kier alpha value is -0.470. The molecule has 0 spiro atoms. The molecule has 1 saturated carbocycles. The lowest BCUT2D eigenvalue weighted by molar-refractivity contribution is 0.163. The van der Waals surface area contributed by atoms with Crippen LogP contribution in [0.15, 0.2) is 30.3 Å². The molecule has 88 valence electrons. The van der Waals surface area contributed by atoms with Crippen molar-refractivity contribution in [3.05, 3.63) is 35.9 Å². The average Bonchev–Trinajstić information content (AvgIpc) is 2.53. The predicted molar refractivity (Wildman–Crippen MR) is 70.6 cm³/mol. The van der Waals surface area contributed by atoms with Crippen LogP contribution in [0.3, 0.4) is 0 Å². The summed E-state index contributed by atoms with van der Waals surface area (Å²) < 4.78 is 0. The molecule has 0 aromatic heterocycles. The highest BCUT2D eigenvalue weighted by molar-refractivity contribution is 7.99. The van der Waals surface area contributed by atoms with E-state index in [2.05, 4.69) is 30.3 Å². The lowest BCUT2D eigenvalue weighted by atomic mass is 10.1. The summed E-state index contributed by atoms with van der Waals surface area (Å²) in [5, 5.41) is 10.5. The summed E-state index contributed by atoms with van der Waals surface area (Å²) in [6.45, 7) is 0. The molecule has 1 fully saturated rings. The fourth-order valence-electron chi connectivity index (χ4n) is 2.23. The van der Waals surface area contributed by atoms with Gasteiger partial charge in [0.25, 0.3) is 0 Å². The molecule has 1 aliphatic carbocycles. The molecule has 1 nitrogen and oxygen atoms in total. The molecule has 2 heteroatoms. The van der Waals surface area contributed by atoms with E-state index >= 15 is 0 Å². The summed E-state index contributed by atoms with van der Waals surface area (Å²) in [7, 11) is 0. The molecule has 0 amide bonds.